The van der Waals surface area contributed by atoms with Crippen LogP contribution in [0.2, 0.25) is 0 Å². The molecule has 10 heteroatoms. The Labute approximate surface area is 192 Å². The molecule has 3 aromatic rings. The van der Waals surface area contributed by atoms with Gasteiger partial charge in [0.25, 0.3) is 23.6 Å². The zero-order valence-corrected chi connectivity index (χ0v) is 18.0. The van der Waals surface area contributed by atoms with Crippen LogP contribution < -0.4 is 10.6 Å². The zero-order chi connectivity index (χ0) is 23.5. The first-order chi connectivity index (χ1) is 15.9. The molecule has 0 radical (unpaired) electrons. The lowest BCUT2D eigenvalue weighted by Gasteiger charge is -2.12. The van der Waals surface area contributed by atoms with E-state index in [9.17, 15) is 19.2 Å². The van der Waals surface area contributed by atoms with Crippen molar-refractivity contribution in [3.8, 4) is 6.07 Å². The Hall–Kier alpha value is -4.62. The SMILES string of the molecule is C/C(=C\C#N)N1C(=O)c2ccc(C(=O)Nc3cccc(C(=O)Nc4nccs4)c3)cc2C1=O. The lowest BCUT2D eigenvalue weighted by Crippen LogP contribution is -2.27. The molecule has 2 heterocycles. The molecule has 0 fully saturated rings. The maximum Gasteiger partial charge on any atom is 0.265 e. The van der Waals surface area contributed by atoms with E-state index in [0.717, 1.165) is 11.0 Å². The van der Waals surface area contributed by atoms with Crippen LogP contribution in [0.25, 0.3) is 0 Å². The molecule has 9 nitrogen and oxygen atoms in total. The van der Waals surface area contributed by atoms with Gasteiger partial charge in [-0.2, -0.15) is 5.26 Å². The van der Waals surface area contributed by atoms with E-state index in [1.54, 1.807) is 35.8 Å². The van der Waals surface area contributed by atoms with Crippen LogP contribution in [0.4, 0.5) is 10.8 Å². The molecule has 4 amide bonds. The van der Waals surface area contributed by atoms with E-state index in [2.05, 4.69) is 15.6 Å². The Morgan fingerprint density at radius 1 is 1.03 bits per heavy atom. The molecule has 1 aromatic heterocycles. The summed E-state index contributed by atoms with van der Waals surface area (Å²) in [6.07, 6.45) is 2.68. The topological polar surface area (TPSA) is 132 Å². The number of nitrogens with one attached hydrogen (secondary N) is 2. The summed E-state index contributed by atoms with van der Waals surface area (Å²) in [6, 6.07) is 12.3. The van der Waals surface area contributed by atoms with Gasteiger partial charge in [-0.25, -0.2) is 9.88 Å². The predicted molar refractivity (Wildman–Crippen MR) is 121 cm³/mol. The number of anilines is 2. The van der Waals surface area contributed by atoms with Gasteiger partial charge in [-0.05, 0) is 43.3 Å². The standard InChI is InChI=1S/C23H15N5O4S/c1-13(7-8-24)28-21(31)17-6-5-15(12-18(17)22(28)32)19(29)26-16-4-2-3-14(11-16)20(30)27-23-25-9-10-33-23/h2-7,9-12H,1H3,(H,26,29)(H,25,27,30)/b13-7+. The fraction of sp³-hybridized carbons (Fsp3) is 0.0435. The molecule has 0 bridgehead atoms. The van der Waals surface area contributed by atoms with Crippen LogP contribution in [0.3, 0.4) is 0 Å². The smallest absolute Gasteiger partial charge is 0.265 e. The number of nitrogens with zero attached hydrogens (tertiary/aromatic N) is 3. The summed E-state index contributed by atoms with van der Waals surface area (Å²) in [7, 11) is 0. The van der Waals surface area contributed by atoms with Crippen molar-refractivity contribution >= 4 is 45.8 Å². The Kier molecular flexibility index (Phi) is 5.80. The first-order valence-electron chi connectivity index (χ1n) is 9.60. The van der Waals surface area contributed by atoms with Gasteiger partial charge in [0.05, 0.1) is 17.2 Å². The summed E-state index contributed by atoms with van der Waals surface area (Å²) in [5, 5.41) is 16.4. The van der Waals surface area contributed by atoms with Gasteiger partial charge in [0.2, 0.25) is 0 Å². The summed E-state index contributed by atoms with van der Waals surface area (Å²) in [5.74, 6) is -2.04. The Bertz CT molecular complexity index is 1370. The minimum Gasteiger partial charge on any atom is -0.322 e. The van der Waals surface area contributed by atoms with E-state index in [0.29, 0.717) is 16.4 Å². The van der Waals surface area contributed by atoms with Crippen molar-refractivity contribution in [1.29, 1.82) is 5.26 Å². The number of carbonyl (C=O) groups is 4. The van der Waals surface area contributed by atoms with E-state index in [1.165, 1.54) is 42.5 Å². The van der Waals surface area contributed by atoms with Gasteiger partial charge in [-0.3, -0.25) is 24.5 Å². The number of imide groups is 1. The molecule has 4 rings (SSSR count). The van der Waals surface area contributed by atoms with E-state index in [4.69, 9.17) is 5.26 Å². The Morgan fingerprint density at radius 3 is 2.48 bits per heavy atom. The van der Waals surface area contributed by atoms with Gasteiger partial charge in [-0.1, -0.05) is 6.07 Å². The second kappa shape index (κ2) is 8.86. The van der Waals surface area contributed by atoms with Crippen LogP contribution in [-0.4, -0.2) is 33.5 Å². The highest BCUT2D eigenvalue weighted by molar-refractivity contribution is 7.13. The highest BCUT2D eigenvalue weighted by Gasteiger charge is 2.37. The normalized spacial score (nSPS) is 12.8. The molecule has 0 unspecified atom stereocenters. The fourth-order valence-electron chi connectivity index (χ4n) is 3.26. The number of nitriles is 1. The molecule has 1 aliphatic heterocycles. The van der Waals surface area contributed by atoms with Crippen LogP contribution in [-0.2, 0) is 0 Å². The zero-order valence-electron chi connectivity index (χ0n) is 17.2. The van der Waals surface area contributed by atoms with Crippen LogP contribution in [0.15, 0.2) is 65.8 Å². The first kappa shape index (κ1) is 21.6. The largest absolute Gasteiger partial charge is 0.322 e. The monoisotopic (exact) mass is 457 g/mol. The number of carbonyl (C=O) groups excluding carboxylic acids is 4. The van der Waals surface area contributed by atoms with Crippen LogP contribution in [0.1, 0.15) is 48.4 Å². The van der Waals surface area contributed by atoms with Gasteiger partial charge >= 0.3 is 0 Å². The van der Waals surface area contributed by atoms with Gasteiger partial charge in [-0.15, -0.1) is 11.3 Å². The molecule has 2 N–H and O–H groups in total. The van der Waals surface area contributed by atoms with Crippen LogP contribution >= 0.6 is 11.3 Å². The molecule has 0 atom stereocenters. The number of benzene rings is 2. The third kappa shape index (κ3) is 4.26. The summed E-state index contributed by atoms with van der Waals surface area (Å²) < 4.78 is 0. The van der Waals surface area contributed by atoms with Gasteiger partial charge in [0.15, 0.2) is 5.13 Å². The fourth-order valence-corrected chi connectivity index (χ4v) is 3.78. The average molecular weight is 457 g/mol. The molecule has 0 saturated carbocycles. The number of aromatic nitrogens is 1. The summed E-state index contributed by atoms with van der Waals surface area (Å²) in [4.78, 5) is 55.3. The van der Waals surface area contributed by atoms with Crippen molar-refractivity contribution in [3.63, 3.8) is 0 Å². The average Bonchev–Trinajstić information content (AvgIpc) is 3.40. The highest BCUT2D eigenvalue weighted by atomic mass is 32.1. The molecular formula is C23H15N5O4S. The quantitative estimate of drug-likeness (QED) is 0.444. The van der Waals surface area contributed by atoms with Gasteiger partial charge in [0.1, 0.15) is 0 Å². The maximum atomic E-state index is 12.8. The molecule has 0 spiro atoms. The van der Waals surface area contributed by atoms with Crippen molar-refractivity contribution in [2.24, 2.45) is 0 Å². The molecule has 1 aliphatic rings. The van der Waals surface area contributed by atoms with E-state index < -0.39 is 17.7 Å². The lowest BCUT2D eigenvalue weighted by molar-refractivity contribution is 0.0704. The van der Waals surface area contributed by atoms with Gasteiger partial charge in [0, 0.05) is 40.2 Å². The second-order valence-electron chi connectivity index (χ2n) is 6.95. The van der Waals surface area contributed by atoms with Crippen molar-refractivity contribution in [1.82, 2.24) is 9.88 Å². The minimum atomic E-state index is -0.602. The second-order valence-corrected chi connectivity index (χ2v) is 7.84. The summed E-state index contributed by atoms with van der Waals surface area (Å²) >= 11 is 1.29. The molecule has 2 aromatic carbocycles. The van der Waals surface area contributed by atoms with Crippen molar-refractivity contribution < 1.29 is 19.2 Å². The molecule has 33 heavy (non-hydrogen) atoms. The Balaban J connectivity index is 1.52. The predicted octanol–water partition coefficient (Wildman–Crippen LogP) is 3.67. The van der Waals surface area contributed by atoms with E-state index in [1.807, 2.05) is 0 Å². The molecule has 0 saturated heterocycles. The molecule has 0 aliphatic carbocycles. The number of rotatable bonds is 5. The van der Waals surface area contributed by atoms with Crippen molar-refractivity contribution in [2.45, 2.75) is 6.92 Å². The Morgan fingerprint density at radius 2 is 1.76 bits per heavy atom. The third-order valence-electron chi connectivity index (χ3n) is 4.81. The lowest BCUT2D eigenvalue weighted by atomic mass is 10.1. The van der Waals surface area contributed by atoms with Crippen molar-refractivity contribution in [3.05, 3.63) is 88.1 Å². The number of allylic oxidation sites excluding steroid dienone is 2. The van der Waals surface area contributed by atoms with E-state index in [-0.39, 0.29) is 28.3 Å². The number of thiazole rings is 1. The number of fused-ring (bicyclic) bond motifs is 1. The summed E-state index contributed by atoms with van der Waals surface area (Å²) in [6.45, 7) is 1.48. The first-order valence-corrected chi connectivity index (χ1v) is 10.5. The van der Waals surface area contributed by atoms with Crippen LogP contribution in [0, 0.1) is 11.3 Å². The van der Waals surface area contributed by atoms with Crippen molar-refractivity contribution in [2.75, 3.05) is 10.6 Å². The number of amides is 4. The molecular weight excluding hydrogens is 442 g/mol. The van der Waals surface area contributed by atoms with Gasteiger partial charge < -0.3 is 5.32 Å². The summed E-state index contributed by atoms with van der Waals surface area (Å²) in [5.41, 5.74) is 1.30. The number of hydrogen-bond acceptors (Lipinski definition) is 7. The molecule has 162 valence electrons. The maximum absolute atomic E-state index is 12.8. The van der Waals surface area contributed by atoms with Crippen LogP contribution in [0.5, 0.6) is 0 Å². The third-order valence-corrected chi connectivity index (χ3v) is 5.50. The highest BCUT2D eigenvalue weighted by Crippen LogP contribution is 2.27. The number of hydrogen-bond donors (Lipinski definition) is 2. The van der Waals surface area contributed by atoms with E-state index >= 15 is 0 Å². The minimum absolute atomic E-state index is 0.0786.